The average molecular weight is 565 g/mol. The van der Waals surface area contributed by atoms with Crippen LogP contribution in [0.4, 0.5) is 13.2 Å². The van der Waals surface area contributed by atoms with Gasteiger partial charge >= 0.3 is 6.61 Å². The number of imidazole rings is 1. The Kier molecular flexibility index (Phi) is 5.40. The summed E-state index contributed by atoms with van der Waals surface area (Å²) >= 11 is 0. The van der Waals surface area contributed by atoms with Gasteiger partial charge in [0, 0.05) is 17.7 Å². The number of carbonyl (C=O) groups excluding carboxylic acids is 1. The van der Waals surface area contributed by atoms with Gasteiger partial charge in [-0.2, -0.15) is 14.3 Å². The van der Waals surface area contributed by atoms with Crippen molar-refractivity contribution >= 4 is 16.9 Å². The highest BCUT2D eigenvalue weighted by Gasteiger charge is 2.46. The largest absolute Gasteiger partial charge is 0.434 e. The monoisotopic (exact) mass is 564 g/mol. The Morgan fingerprint density at radius 1 is 1.17 bits per heavy atom. The van der Waals surface area contributed by atoms with Gasteiger partial charge in [-0.1, -0.05) is 12.1 Å². The lowest BCUT2D eigenvalue weighted by molar-refractivity contribution is -0.170. The molecule has 4 aromatic rings. The van der Waals surface area contributed by atoms with Gasteiger partial charge in [0.1, 0.15) is 22.9 Å². The molecule has 2 N–H and O–H groups in total. The Bertz CT molecular complexity index is 1720. The number of rotatable bonds is 4. The van der Waals surface area contributed by atoms with Gasteiger partial charge in [0.2, 0.25) is 0 Å². The van der Waals surface area contributed by atoms with Crippen LogP contribution >= 0.6 is 0 Å². The van der Waals surface area contributed by atoms with Crippen molar-refractivity contribution in [3.05, 3.63) is 71.2 Å². The summed E-state index contributed by atoms with van der Waals surface area (Å²) in [5.41, 5.74) is 3.33. The molecule has 6 heterocycles. The summed E-state index contributed by atoms with van der Waals surface area (Å²) in [6, 6.07) is 8.96. The molecule has 2 fully saturated rings. The van der Waals surface area contributed by atoms with E-state index >= 15 is 4.39 Å². The number of ether oxygens (including phenoxy) is 2. The van der Waals surface area contributed by atoms with Crippen LogP contribution in [-0.4, -0.2) is 51.9 Å². The number of fused-ring (bicyclic) bond motifs is 11. The van der Waals surface area contributed by atoms with Crippen LogP contribution in [-0.2, 0) is 15.1 Å². The number of para-hydroxylation sites is 2. The van der Waals surface area contributed by atoms with Gasteiger partial charge in [-0.05, 0) is 37.1 Å². The number of amides is 1. The van der Waals surface area contributed by atoms with E-state index in [-0.39, 0.29) is 40.7 Å². The predicted octanol–water partition coefficient (Wildman–Crippen LogP) is 3.78. The first kappa shape index (κ1) is 24.7. The third kappa shape index (κ3) is 3.69. The van der Waals surface area contributed by atoms with E-state index in [1.807, 2.05) is 28.8 Å². The standard InChI is InChI=1S/C28H23F3N6O4/c29-23-21-14(25(38)34-17-8-19(21)37-18-4-2-1-3-15(18)33-24(17)37)7-20(41-27(30)31)22(23)16-5-6-32-26(35-16)28-9-13(10-39-12-28)11-40-36-28/h1-7,13,17,19,27,36H,8-12H2,(H,34,38)/t13-,17+,19+,28+/m0/s1. The van der Waals surface area contributed by atoms with E-state index in [1.165, 1.54) is 18.3 Å². The van der Waals surface area contributed by atoms with E-state index in [0.29, 0.717) is 37.4 Å². The molecular weight excluding hydrogens is 541 g/mol. The van der Waals surface area contributed by atoms with E-state index in [4.69, 9.17) is 19.3 Å². The Hall–Kier alpha value is -4.07. The molecule has 0 aliphatic carbocycles. The van der Waals surface area contributed by atoms with Crippen LogP contribution in [0.15, 0.2) is 42.6 Å². The predicted molar refractivity (Wildman–Crippen MR) is 136 cm³/mol. The van der Waals surface area contributed by atoms with Gasteiger partial charge in [0.05, 0.1) is 59.8 Å². The molecule has 1 amide bonds. The number of hydroxylamine groups is 1. The van der Waals surface area contributed by atoms with Crippen molar-refractivity contribution in [3.8, 4) is 17.0 Å². The summed E-state index contributed by atoms with van der Waals surface area (Å²) in [6.45, 7) is -2.05. The number of carbonyl (C=O) groups is 1. The van der Waals surface area contributed by atoms with Gasteiger partial charge in [0.15, 0.2) is 5.82 Å². The van der Waals surface area contributed by atoms with Gasteiger partial charge in [-0.25, -0.2) is 19.3 Å². The average Bonchev–Trinajstić information content (AvgIpc) is 3.45. The van der Waals surface area contributed by atoms with Crippen LogP contribution in [0.3, 0.4) is 0 Å². The topological polar surface area (TPSA) is 112 Å². The van der Waals surface area contributed by atoms with E-state index in [9.17, 15) is 13.6 Å². The number of halogens is 3. The van der Waals surface area contributed by atoms with Crippen molar-refractivity contribution in [1.82, 2.24) is 30.3 Å². The van der Waals surface area contributed by atoms with Gasteiger partial charge < -0.3 is 24.2 Å². The quantitative estimate of drug-likeness (QED) is 0.385. The molecule has 41 heavy (non-hydrogen) atoms. The van der Waals surface area contributed by atoms with Crippen molar-refractivity contribution in [2.24, 2.45) is 5.92 Å². The Balaban J connectivity index is 1.33. The molecule has 4 atom stereocenters. The Labute approximate surface area is 230 Å². The highest BCUT2D eigenvalue weighted by Crippen LogP contribution is 2.48. The number of hydrogen-bond acceptors (Lipinski definition) is 8. The first-order valence-electron chi connectivity index (χ1n) is 13.3. The van der Waals surface area contributed by atoms with Crippen LogP contribution in [0.25, 0.3) is 22.3 Å². The summed E-state index contributed by atoms with van der Waals surface area (Å²) < 4.78 is 56.7. The minimum absolute atomic E-state index is 0.0322. The zero-order valence-electron chi connectivity index (χ0n) is 21.4. The lowest BCUT2D eigenvalue weighted by atomic mass is 9.85. The molecule has 4 aliphatic rings. The maximum Gasteiger partial charge on any atom is 0.387 e. The van der Waals surface area contributed by atoms with E-state index in [1.54, 1.807) is 0 Å². The van der Waals surface area contributed by atoms with Crippen LogP contribution in [0.5, 0.6) is 5.75 Å². The van der Waals surface area contributed by atoms with Crippen molar-refractivity contribution in [1.29, 1.82) is 0 Å². The second kappa shape index (κ2) is 8.96. The molecular formula is C28H23F3N6O4. The molecule has 0 unspecified atom stereocenters. The molecule has 0 saturated carbocycles. The molecule has 210 valence electrons. The number of nitrogens with one attached hydrogen (secondary N) is 2. The lowest BCUT2D eigenvalue weighted by Crippen LogP contribution is -2.57. The summed E-state index contributed by atoms with van der Waals surface area (Å²) in [5, 5.41) is 2.89. The minimum Gasteiger partial charge on any atom is -0.434 e. The Morgan fingerprint density at radius 3 is 2.93 bits per heavy atom. The molecule has 2 saturated heterocycles. The fourth-order valence-electron chi connectivity index (χ4n) is 6.68. The van der Waals surface area contributed by atoms with Crippen molar-refractivity contribution in [2.45, 2.75) is 37.1 Å². The molecule has 4 bridgehead atoms. The summed E-state index contributed by atoms with van der Waals surface area (Å²) in [5.74, 6) is -0.940. The third-order valence-corrected chi connectivity index (χ3v) is 8.34. The second-order valence-electron chi connectivity index (χ2n) is 10.9. The summed E-state index contributed by atoms with van der Waals surface area (Å²) in [7, 11) is 0. The smallest absolute Gasteiger partial charge is 0.387 e. The third-order valence-electron chi connectivity index (χ3n) is 8.34. The van der Waals surface area contributed by atoms with Crippen LogP contribution < -0.4 is 15.5 Å². The van der Waals surface area contributed by atoms with Crippen molar-refractivity contribution < 1.29 is 32.3 Å². The molecule has 4 aliphatic heterocycles. The molecule has 13 heteroatoms. The van der Waals surface area contributed by atoms with Gasteiger partial charge in [0.25, 0.3) is 5.91 Å². The molecule has 2 aromatic carbocycles. The fourth-order valence-corrected chi connectivity index (χ4v) is 6.68. The highest BCUT2D eigenvalue weighted by molar-refractivity contribution is 5.99. The number of hydrogen-bond donors (Lipinski definition) is 2. The van der Waals surface area contributed by atoms with E-state index in [0.717, 1.165) is 5.52 Å². The summed E-state index contributed by atoms with van der Waals surface area (Å²) in [6.07, 6.45) is 2.42. The number of benzene rings is 2. The van der Waals surface area contributed by atoms with Crippen molar-refractivity contribution in [2.75, 3.05) is 19.8 Å². The SMILES string of the molecule is O=C1N[C@@H]2C[C@H](c3c1cc(OC(F)F)c(-c1ccnc([C@@]45COC[C@@H](CON4)C5)n1)c3F)n1c2nc2ccccc21. The van der Waals surface area contributed by atoms with Crippen molar-refractivity contribution in [3.63, 3.8) is 0 Å². The van der Waals surface area contributed by atoms with Gasteiger partial charge in [-0.3, -0.25) is 4.79 Å². The molecule has 8 rings (SSSR count). The zero-order chi connectivity index (χ0) is 27.9. The number of aromatic nitrogens is 4. The number of nitrogens with zero attached hydrogens (tertiary/aromatic N) is 4. The lowest BCUT2D eigenvalue weighted by Gasteiger charge is -2.43. The highest BCUT2D eigenvalue weighted by atomic mass is 19.3. The summed E-state index contributed by atoms with van der Waals surface area (Å²) in [4.78, 5) is 32.6. The first-order chi connectivity index (χ1) is 19.9. The first-order valence-corrected chi connectivity index (χ1v) is 13.3. The molecule has 2 aromatic heterocycles. The van der Waals surface area contributed by atoms with Crippen LogP contribution in [0, 0.1) is 11.7 Å². The Morgan fingerprint density at radius 2 is 2.05 bits per heavy atom. The maximum atomic E-state index is 16.9. The maximum absolute atomic E-state index is 16.9. The van der Waals surface area contributed by atoms with Crippen LogP contribution in [0.1, 0.15) is 52.5 Å². The van der Waals surface area contributed by atoms with Crippen LogP contribution in [0.2, 0.25) is 0 Å². The second-order valence-corrected chi connectivity index (χ2v) is 10.9. The van der Waals surface area contributed by atoms with Gasteiger partial charge in [-0.15, -0.1) is 0 Å². The van der Waals surface area contributed by atoms with E-state index in [2.05, 4.69) is 20.8 Å². The van der Waals surface area contributed by atoms with E-state index < -0.39 is 41.7 Å². The fraction of sp³-hybridized carbons (Fsp3) is 0.357. The zero-order valence-corrected chi connectivity index (χ0v) is 21.4. The number of alkyl halides is 2. The molecule has 10 nitrogen and oxygen atoms in total. The normalized spacial score (nSPS) is 26.4. The molecule has 0 radical (unpaired) electrons. The molecule has 0 spiro atoms. The minimum atomic E-state index is -3.26.